The van der Waals surface area contributed by atoms with E-state index >= 15 is 0 Å². The Labute approximate surface area is 109 Å². The van der Waals surface area contributed by atoms with Crippen molar-refractivity contribution in [1.82, 2.24) is 0 Å². The molecule has 1 atom stereocenters. The van der Waals surface area contributed by atoms with Gasteiger partial charge in [0.25, 0.3) is 0 Å². The maximum Gasteiger partial charge on any atom is 0.225 e. The smallest absolute Gasteiger partial charge is 0.225 e. The van der Waals surface area contributed by atoms with Gasteiger partial charge in [-0.05, 0) is 17.5 Å². The first-order chi connectivity index (χ1) is 8.32. The highest BCUT2D eigenvalue weighted by Crippen LogP contribution is 2.21. The van der Waals surface area contributed by atoms with Gasteiger partial charge in [0.15, 0.2) is 0 Å². The molecule has 3 N–H and O–H groups in total. The summed E-state index contributed by atoms with van der Waals surface area (Å²) in [6.45, 7) is 6.07. The van der Waals surface area contributed by atoms with Crippen molar-refractivity contribution in [3.05, 3.63) is 24.3 Å². The van der Waals surface area contributed by atoms with Crippen LogP contribution in [0.4, 0.5) is 5.69 Å². The highest BCUT2D eigenvalue weighted by Gasteiger charge is 2.23. The molecule has 0 aliphatic carbocycles. The topological polar surface area (TPSA) is 64.3 Å². The highest BCUT2D eigenvalue weighted by molar-refractivity contribution is 5.91. The maximum absolute atomic E-state index is 11.8. The highest BCUT2D eigenvalue weighted by atomic mass is 16.5. The third-order valence-corrected chi connectivity index (χ3v) is 2.87. The van der Waals surface area contributed by atoms with Crippen LogP contribution in [0.15, 0.2) is 24.3 Å². The molecule has 0 aliphatic heterocycles. The minimum Gasteiger partial charge on any atom is -0.497 e. The molecule has 0 spiro atoms. The summed E-state index contributed by atoms with van der Waals surface area (Å²) in [6, 6.07) is 7.10. The Morgan fingerprint density at radius 1 is 1.44 bits per heavy atom. The number of hydrogen-bond donors (Lipinski definition) is 2. The van der Waals surface area contributed by atoms with Gasteiger partial charge in [0.05, 0.1) is 7.11 Å². The predicted molar refractivity (Wildman–Crippen MR) is 73.7 cm³/mol. The Morgan fingerprint density at radius 2 is 2.11 bits per heavy atom. The third kappa shape index (κ3) is 4.37. The van der Waals surface area contributed by atoms with Gasteiger partial charge in [0.2, 0.25) is 5.91 Å². The van der Waals surface area contributed by atoms with E-state index in [1.807, 2.05) is 39.0 Å². The first-order valence-corrected chi connectivity index (χ1v) is 6.02. The van der Waals surface area contributed by atoms with Crippen LogP contribution in [0, 0.1) is 5.41 Å². The number of amides is 1. The molecule has 0 bridgehead atoms. The van der Waals surface area contributed by atoms with Crippen molar-refractivity contribution >= 4 is 11.6 Å². The minimum absolute atomic E-state index is 0.0777. The van der Waals surface area contributed by atoms with E-state index in [0.717, 1.165) is 5.69 Å². The normalized spacial score (nSPS) is 12.9. The number of benzene rings is 1. The molecule has 0 saturated heterocycles. The number of anilines is 1. The lowest BCUT2D eigenvalue weighted by molar-refractivity contribution is -0.117. The fourth-order valence-electron chi connectivity index (χ4n) is 1.42. The first kappa shape index (κ1) is 14.5. The molecule has 1 rings (SSSR count). The number of methoxy groups -OCH3 is 1. The molecule has 4 nitrogen and oxygen atoms in total. The van der Waals surface area contributed by atoms with Gasteiger partial charge < -0.3 is 15.8 Å². The Balaban J connectivity index is 2.59. The van der Waals surface area contributed by atoms with Crippen LogP contribution >= 0.6 is 0 Å². The van der Waals surface area contributed by atoms with Crippen molar-refractivity contribution in [2.45, 2.75) is 33.2 Å². The quantitative estimate of drug-likeness (QED) is 0.862. The molecular formula is C14H22N2O2. The van der Waals surface area contributed by atoms with Crippen molar-refractivity contribution in [2.75, 3.05) is 12.4 Å². The Kier molecular flexibility index (Phi) is 4.73. The lowest BCUT2D eigenvalue weighted by Crippen LogP contribution is -2.38. The zero-order chi connectivity index (χ0) is 13.8. The van der Waals surface area contributed by atoms with Gasteiger partial charge in [0.1, 0.15) is 5.75 Å². The van der Waals surface area contributed by atoms with E-state index in [2.05, 4.69) is 5.32 Å². The van der Waals surface area contributed by atoms with E-state index in [1.54, 1.807) is 13.2 Å². The lowest BCUT2D eigenvalue weighted by atomic mass is 9.85. The van der Waals surface area contributed by atoms with Gasteiger partial charge in [0, 0.05) is 24.2 Å². The van der Waals surface area contributed by atoms with E-state index in [9.17, 15) is 4.79 Å². The zero-order valence-corrected chi connectivity index (χ0v) is 11.5. The number of ether oxygens (including phenoxy) is 1. The molecule has 0 heterocycles. The second-order valence-corrected chi connectivity index (χ2v) is 5.46. The van der Waals surface area contributed by atoms with E-state index in [0.29, 0.717) is 12.2 Å². The lowest BCUT2D eigenvalue weighted by Gasteiger charge is -2.26. The van der Waals surface area contributed by atoms with Crippen LogP contribution in [0.25, 0.3) is 0 Å². The summed E-state index contributed by atoms with van der Waals surface area (Å²) in [4.78, 5) is 11.8. The molecule has 1 unspecified atom stereocenters. The predicted octanol–water partition coefficient (Wildman–Crippen LogP) is 2.40. The van der Waals surface area contributed by atoms with E-state index < -0.39 is 0 Å². The van der Waals surface area contributed by atoms with Crippen molar-refractivity contribution in [1.29, 1.82) is 0 Å². The van der Waals surface area contributed by atoms with Crippen molar-refractivity contribution in [2.24, 2.45) is 11.1 Å². The number of rotatable bonds is 4. The second-order valence-electron chi connectivity index (χ2n) is 5.46. The van der Waals surface area contributed by atoms with Gasteiger partial charge in [-0.2, -0.15) is 0 Å². The van der Waals surface area contributed by atoms with Gasteiger partial charge in [-0.1, -0.05) is 26.8 Å². The summed E-state index contributed by atoms with van der Waals surface area (Å²) in [5.41, 5.74) is 6.62. The van der Waals surface area contributed by atoms with Crippen LogP contribution in [0.5, 0.6) is 5.75 Å². The first-order valence-electron chi connectivity index (χ1n) is 6.02. The van der Waals surface area contributed by atoms with Crippen molar-refractivity contribution in [3.63, 3.8) is 0 Å². The van der Waals surface area contributed by atoms with Crippen LogP contribution in [0.2, 0.25) is 0 Å². The van der Waals surface area contributed by atoms with Gasteiger partial charge >= 0.3 is 0 Å². The van der Waals surface area contributed by atoms with Crippen molar-refractivity contribution in [3.8, 4) is 5.75 Å². The minimum atomic E-state index is -0.164. The average molecular weight is 250 g/mol. The standard InChI is InChI=1S/C14H22N2O2/c1-14(2,3)12(15)9-13(17)16-10-6-5-7-11(8-10)18-4/h5-8,12H,9,15H2,1-4H3,(H,16,17). The molecule has 0 aliphatic rings. The van der Waals surface area contributed by atoms with E-state index in [-0.39, 0.29) is 17.4 Å². The molecule has 1 aromatic rings. The molecule has 1 amide bonds. The van der Waals surface area contributed by atoms with E-state index in [1.165, 1.54) is 0 Å². The molecule has 100 valence electrons. The van der Waals surface area contributed by atoms with Crippen LogP contribution in [0.1, 0.15) is 27.2 Å². The van der Waals surface area contributed by atoms with Crippen LogP contribution in [-0.2, 0) is 4.79 Å². The maximum atomic E-state index is 11.8. The molecule has 0 aromatic heterocycles. The average Bonchev–Trinajstić information content (AvgIpc) is 2.27. The van der Waals surface area contributed by atoms with E-state index in [4.69, 9.17) is 10.5 Å². The van der Waals surface area contributed by atoms with Gasteiger partial charge in [-0.3, -0.25) is 4.79 Å². The number of hydrogen-bond acceptors (Lipinski definition) is 3. The summed E-state index contributed by atoms with van der Waals surface area (Å²) in [6.07, 6.45) is 0.306. The SMILES string of the molecule is COc1cccc(NC(=O)CC(N)C(C)(C)C)c1. The number of carbonyl (C=O) groups is 1. The van der Waals surface area contributed by atoms with Gasteiger partial charge in [-0.25, -0.2) is 0 Å². The summed E-state index contributed by atoms with van der Waals surface area (Å²) >= 11 is 0. The molecule has 4 heteroatoms. The molecular weight excluding hydrogens is 228 g/mol. The summed E-state index contributed by atoms with van der Waals surface area (Å²) < 4.78 is 5.10. The zero-order valence-electron chi connectivity index (χ0n) is 11.5. The summed E-state index contributed by atoms with van der Waals surface area (Å²) in [5, 5.41) is 2.82. The Morgan fingerprint density at radius 3 is 2.67 bits per heavy atom. The largest absolute Gasteiger partial charge is 0.497 e. The van der Waals surface area contributed by atoms with Crippen LogP contribution in [-0.4, -0.2) is 19.1 Å². The number of nitrogens with two attached hydrogens (primary N) is 1. The second kappa shape index (κ2) is 5.87. The fourth-order valence-corrected chi connectivity index (χ4v) is 1.42. The van der Waals surface area contributed by atoms with Crippen LogP contribution in [0.3, 0.4) is 0 Å². The van der Waals surface area contributed by atoms with Crippen LogP contribution < -0.4 is 15.8 Å². The Hall–Kier alpha value is -1.55. The third-order valence-electron chi connectivity index (χ3n) is 2.87. The summed E-state index contributed by atoms with van der Waals surface area (Å²) in [7, 11) is 1.59. The molecule has 0 fully saturated rings. The molecule has 18 heavy (non-hydrogen) atoms. The monoisotopic (exact) mass is 250 g/mol. The van der Waals surface area contributed by atoms with Crippen molar-refractivity contribution < 1.29 is 9.53 Å². The molecule has 1 aromatic carbocycles. The molecule has 0 radical (unpaired) electrons. The van der Waals surface area contributed by atoms with Gasteiger partial charge in [-0.15, -0.1) is 0 Å². The fraction of sp³-hybridized carbons (Fsp3) is 0.500. The Bertz CT molecular complexity index is 411. The number of nitrogens with one attached hydrogen (secondary N) is 1. The number of carbonyl (C=O) groups excluding carboxylic acids is 1. The summed E-state index contributed by atoms with van der Waals surface area (Å²) in [5.74, 6) is 0.638. The molecule has 0 saturated carbocycles.